The Kier molecular flexibility index (Phi) is 1.92. The Bertz CT molecular complexity index is 112. The van der Waals surface area contributed by atoms with Crippen LogP contribution in [0.3, 0.4) is 0 Å². The number of nitrogens with zero attached hydrogens (tertiary/aromatic N) is 1. The van der Waals surface area contributed by atoms with Crippen LogP contribution >= 0.6 is 0 Å². The van der Waals surface area contributed by atoms with E-state index in [1.54, 1.807) is 0 Å². The van der Waals surface area contributed by atoms with E-state index < -0.39 is 0 Å². The van der Waals surface area contributed by atoms with Gasteiger partial charge < -0.3 is 9.57 Å². The molecule has 1 atom stereocenters. The fourth-order valence-corrected chi connectivity index (χ4v) is 0.616. The van der Waals surface area contributed by atoms with Gasteiger partial charge in [-0.3, -0.25) is 0 Å². The SMILES string of the molecule is CC(C)C1COC=NO1. The molecule has 0 amide bonds. The van der Waals surface area contributed by atoms with E-state index in [0.717, 1.165) is 0 Å². The fourth-order valence-electron chi connectivity index (χ4n) is 0.616. The number of ether oxygens (including phenoxy) is 1. The summed E-state index contributed by atoms with van der Waals surface area (Å²) >= 11 is 0. The number of hydrogen-bond acceptors (Lipinski definition) is 3. The summed E-state index contributed by atoms with van der Waals surface area (Å²) in [5.41, 5.74) is 0. The normalized spacial score (nSPS) is 25.4. The number of rotatable bonds is 1. The second kappa shape index (κ2) is 2.71. The summed E-state index contributed by atoms with van der Waals surface area (Å²) in [4.78, 5) is 4.98. The molecule has 1 unspecified atom stereocenters. The minimum Gasteiger partial charge on any atom is -0.477 e. The molecule has 1 aliphatic heterocycles. The van der Waals surface area contributed by atoms with Crippen molar-refractivity contribution in [2.45, 2.75) is 20.0 Å². The second-order valence-electron chi connectivity index (χ2n) is 2.43. The summed E-state index contributed by atoms with van der Waals surface area (Å²) in [6.07, 6.45) is 1.47. The molecule has 0 saturated carbocycles. The van der Waals surface area contributed by atoms with E-state index in [-0.39, 0.29) is 6.10 Å². The lowest BCUT2D eigenvalue weighted by Gasteiger charge is -2.20. The standard InChI is InChI=1S/C6H11NO2/c1-5(2)6-3-8-4-7-9-6/h4-6H,3H2,1-2H3. The van der Waals surface area contributed by atoms with Crippen LogP contribution in [0.4, 0.5) is 0 Å². The average molecular weight is 129 g/mol. The van der Waals surface area contributed by atoms with Crippen molar-refractivity contribution in [2.75, 3.05) is 6.61 Å². The fraction of sp³-hybridized carbons (Fsp3) is 0.833. The Labute approximate surface area is 54.6 Å². The summed E-state index contributed by atoms with van der Waals surface area (Å²) in [6, 6.07) is 0. The lowest BCUT2D eigenvalue weighted by molar-refractivity contribution is -0.0306. The molecule has 3 nitrogen and oxygen atoms in total. The lowest BCUT2D eigenvalue weighted by Crippen LogP contribution is -2.26. The van der Waals surface area contributed by atoms with E-state index in [1.807, 2.05) is 0 Å². The molecule has 1 rings (SSSR count). The maximum Gasteiger partial charge on any atom is 0.212 e. The van der Waals surface area contributed by atoms with Gasteiger partial charge in [0.2, 0.25) is 6.40 Å². The van der Waals surface area contributed by atoms with E-state index in [4.69, 9.17) is 9.57 Å². The molecule has 0 saturated heterocycles. The highest BCUT2D eigenvalue weighted by molar-refractivity contribution is 5.45. The van der Waals surface area contributed by atoms with Crippen LogP contribution in [0.1, 0.15) is 13.8 Å². The van der Waals surface area contributed by atoms with Gasteiger partial charge in [0.25, 0.3) is 0 Å². The molecule has 0 radical (unpaired) electrons. The first-order chi connectivity index (χ1) is 4.30. The van der Waals surface area contributed by atoms with E-state index >= 15 is 0 Å². The van der Waals surface area contributed by atoms with Crippen LogP contribution in [0.15, 0.2) is 5.16 Å². The number of oxime groups is 1. The molecule has 0 spiro atoms. The van der Waals surface area contributed by atoms with Gasteiger partial charge in [-0.1, -0.05) is 19.0 Å². The van der Waals surface area contributed by atoms with Gasteiger partial charge in [0.1, 0.15) is 6.61 Å². The van der Waals surface area contributed by atoms with Gasteiger partial charge in [-0.05, 0) is 5.92 Å². The third-order valence-corrected chi connectivity index (χ3v) is 1.32. The first-order valence-corrected chi connectivity index (χ1v) is 3.10. The predicted molar refractivity (Wildman–Crippen MR) is 34.2 cm³/mol. The van der Waals surface area contributed by atoms with Gasteiger partial charge >= 0.3 is 0 Å². The molecule has 1 aliphatic rings. The van der Waals surface area contributed by atoms with Crippen LogP contribution in [-0.4, -0.2) is 19.1 Å². The number of hydrogen-bond donors (Lipinski definition) is 0. The molecule has 0 bridgehead atoms. The summed E-state index contributed by atoms with van der Waals surface area (Å²) < 4.78 is 4.93. The maximum absolute atomic E-state index is 4.98. The van der Waals surface area contributed by atoms with Gasteiger partial charge in [0.05, 0.1) is 0 Å². The topological polar surface area (TPSA) is 30.8 Å². The van der Waals surface area contributed by atoms with E-state index in [2.05, 4.69) is 19.0 Å². The molecular formula is C6H11NO2. The van der Waals surface area contributed by atoms with Crippen LogP contribution in [0.25, 0.3) is 0 Å². The Morgan fingerprint density at radius 2 is 2.44 bits per heavy atom. The molecule has 52 valence electrons. The van der Waals surface area contributed by atoms with Crippen molar-refractivity contribution in [2.24, 2.45) is 11.1 Å². The summed E-state index contributed by atoms with van der Waals surface area (Å²) in [7, 11) is 0. The Hall–Kier alpha value is -0.730. The smallest absolute Gasteiger partial charge is 0.212 e. The molecule has 9 heavy (non-hydrogen) atoms. The summed E-state index contributed by atoms with van der Waals surface area (Å²) in [5, 5.41) is 3.53. The van der Waals surface area contributed by atoms with Crippen LogP contribution in [0.2, 0.25) is 0 Å². The highest BCUT2D eigenvalue weighted by Crippen LogP contribution is 2.09. The Morgan fingerprint density at radius 1 is 1.67 bits per heavy atom. The Morgan fingerprint density at radius 3 is 2.78 bits per heavy atom. The highest BCUT2D eigenvalue weighted by Gasteiger charge is 2.16. The van der Waals surface area contributed by atoms with Crippen molar-refractivity contribution in [3.63, 3.8) is 0 Å². The van der Waals surface area contributed by atoms with Crippen LogP contribution in [-0.2, 0) is 9.57 Å². The quantitative estimate of drug-likeness (QED) is 0.528. The van der Waals surface area contributed by atoms with Crippen molar-refractivity contribution in [3.05, 3.63) is 0 Å². The van der Waals surface area contributed by atoms with Crippen molar-refractivity contribution in [3.8, 4) is 0 Å². The van der Waals surface area contributed by atoms with Gasteiger partial charge in [-0.15, -0.1) is 0 Å². The van der Waals surface area contributed by atoms with Gasteiger partial charge in [-0.2, -0.15) is 0 Å². The van der Waals surface area contributed by atoms with Gasteiger partial charge in [0, 0.05) is 0 Å². The predicted octanol–water partition coefficient (Wildman–Crippen LogP) is 1.00. The molecule has 0 aromatic rings. The first-order valence-electron chi connectivity index (χ1n) is 3.10. The molecule has 0 aromatic carbocycles. The average Bonchev–Trinajstić information content (AvgIpc) is 1.90. The summed E-state index contributed by atoms with van der Waals surface area (Å²) in [6.45, 7) is 4.78. The van der Waals surface area contributed by atoms with Crippen LogP contribution < -0.4 is 0 Å². The molecule has 0 aliphatic carbocycles. The molecule has 0 aromatic heterocycles. The zero-order chi connectivity index (χ0) is 6.69. The van der Waals surface area contributed by atoms with Crippen molar-refractivity contribution in [1.82, 2.24) is 0 Å². The van der Waals surface area contributed by atoms with Crippen molar-refractivity contribution < 1.29 is 9.57 Å². The summed E-state index contributed by atoms with van der Waals surface area (Å²) in [5.74, 6) is 0.474. The van der Waals surface area contributed by atoms with E-state index in [9.17, 15) is 0 Å². The van der Waals surface area contributed by atoms with Crippen molar-refractivity contribution >= 4 is 6.40 Å². The minimum atomic E-state index is 0.134. The Balaban J connectivity index is 2.35. The van der Waals surface area contributed by atoms with Crippen molar-refractivity contribution in [1.29, 1.82) is 0 Å². The van der Waals surface area contributed by atoms with E-state index in [0.29, 0.717) is 12.5 Å². The minimum absolute atomic E-state index is 0.134. The van der Waals surface area contributed by atoms with Crippen LogP contribution in [0, 0.1) is 5.92 Å². The molecule has 0 fully saturated rings. The lowest BCUT2D eigenvalue weighted by atomic mass is 10.1. The third kappa shape index (κ3) is 1.59. The zero-order valence-corrected chi connectivity index (χ0v) is 5.70. The second-order valence-corrected chi connectivity index (χ2v) is 2.43. The highest BCUT2D eigenvalue weighted by atomic mass is 16.7. The third-order valence-electron chi connectivity index (χ3n) is 1.32. The maximum atomic E-state index is 4.98. The zero-order valence-electron chi connectivity index (χ0n) is 5.70. The largest absolute Gasteiger partial charge is 0.477 e. The molecular weight excluding hydrogens is 118 g/mol. The first kappa shape index (κ1) is 6.39. The monoisotopic (exact) mass is 129 g/mol. The van der Waals surface area contributed by atoms with Gasteiger partial charge in [-0.25, -0.2) is 0 Å². The molecule has 0 N–H and O–H groups in total. The van der Waals surface area contributed by atoms with Gasteiger partial charge in [0.15, 0.2) is 6.10 Å². The van der Waals surface area contributed by atoms with E-state index in [1.165, 1.54) is 6.40 Å². The molecule has 3 heteroatoms. The molecule has 1 heterocycles. The van der Waals surface area contributed by atoms with Crippen LogP contribution in [0.5, 0.6) is 0 Å².